The number of ether oxygens (including phenoxy) is 2. The smallest absolute Gasteiger partial charge is 0.328 e. The first-order valence-corrected chi connectivity index (χ1v) is 9.53. The van der Waals surface area contributed by atoms with E-state index in [1.807, 2.05) is 38.1 Å². The number of hydrogen-bond donors (Lipinski definition) is 2. The van der Waals surface area contributed by atoms with Crippen LogP contribution in [0.15, 0.2) is 29.4 Å². The van der Waals surface area contributed by atoms with E-state index in [-0.39, 0.29) is 17.6 Å². The number of hydrogen-bond acceptors (Lipinski definition) is 7. The SMILES string of the molecule is CCC(C)C(NC(=O)CSc1n[nH]c(-c2ccc(OC)cc2)n1)C(=O)OC. The Morgan fingerprint density at radius 3 is 2.56 bits per heavy atom. The van der Waals surface area contributed by atoms with E-state index in [0.717, 1.165) is 17.7 Å². The van der Waals surface area contributed by atoms with Gasteiger partial charge < -0.3 is 14.8 Å². The third-order valence-electron chi connectivity index (χ3n) is 4.15. The molecule has 1 aromatic heterocycles. The van der Waals surface area contributed by atoms with Crippen molar-refractivity contribution in [1.29, 1.82) is 0 Å². The van der Waals surface area contributed by atoms with Crippen LogP contribution in [0.3, 0.4) is 0 Å². The minimum atomic E-state index is -0.657. The summed E-state index contributed by atoms with van der Waals surface area (Å²) in [7, 11) is 2.92. The van der Waals surface area contributed by atoms with Crippen molar-refractivity contribution in [2.45, 2.75) is 31.5 Å². The van der Waals surface area contributed by atoms with Crippen molar-refractivity contribution in [3.8, 4) is 17.1 Å². The van der Waals surface area contributed by atoms with E-state index in [0.29, 0.717) is 11.0 Å². The number of esters is 1. The fraction of sp³-hybridized carbons (Fsp3) is 0.444. The zero-order chi connectivity index (χ0) is 19.8. The summed E-state index contributed by atoms with van der Waals surface area (Å²) in [5, 5.41) is 10.1. The summed E-state index contributed by atoms with van der Waals surface area (Å²) < 4.78 is 9.90. The van der Waals surface area contributed by atoms with Crippen LogP contribution in [-0.2, 0) is 14.3 Å². The minimum Gasteiger partial charge on any atom is -0.497 e. The van der Waals surface area contributed by atoms with Crippen LogP contribution >= 0.6 is 11.8 Å². The van der Waals surface area contributed by atoms with Gasteiger partial charge in [0, 0.05) is 5.56 Å². The summed E-state index contributed by atoms with van der Waals surface area (Å²) in [6.45, 7) is 3.85. The van der Waals surface area contributed by atoms with Crippen LogP contribution in [0.5, 0.6) is 5.75 Å². The molecule has 0 spiro atoms. The average molecular weight is 392 g/mol. The lowest BCUT2D eigenvalue weighted by Crippen LogP contribution is -2.46. The molecule has 2 N–H and O–H groups in total. The number of benzene rings is 1. The lowest BCUT2D eigenvalue weighted by molar-refractivity contribution is -0.146. The van der Waals surface area contributed by atoms with Gasteiger partial charge in [-0.25, -0.2) is 9.78 Å². The van der Waals surface area contributed by atoms with Crippen molar-refractivity contribution in [3.05, 3.63) is 24.3 Å². The molecule has 2 rings (SSSR count). The zero-order valence-electron chi connectivity index (χ0n) is 15.8. The van der Waals surface area contributed by atoms with Gasteiger partial charge in [-0.05, 0) is 30.2 Å². The minimum absolute atomic E-state index is 0.0171. The summed E-state index contributed by atoms with van der Waals surface area (Å²) in [6, 6.07) is 6.75. The van der Waals surface area contributed by atoms with Crippen molar-refractivity contribution in [2.75, 3.05) is 20.0 Å². The van der Waals surface area contributed by atoms with Crippen LogP contribution in [0.4, 0.5) is 0 Å². The number of amides is 1. The Bertz CT molecular complexity index is 763. The Kier molecular flexibility index (Phi) is 7.66. The Hall–Kier alpha value is -2.55. The fourth-order valence-corrected chi connectivity index (χ4v) is 2.94. The molecular formula is C18H24N4O4S. The average Bonchev–Trinajstić information content (AvgIpc) is 3.18. The highest BCUT2D eigenvalue weighted by atomic mass is 32.2. The van der Waals surface area contributed by atoms with Crippen molar-refractivity contribution < 1.29 is 19.1 Å². The second-order valence-electron chi connectivity index (χ2n) is 5.94. The first-order chi connectivity index (χ1) is 13.0. The van der Waals surface area contributed by atoms with Crippen LogP contribution < -0.4 is 10.1 Å². The van der Waals surface area contributed by atoms with E-state index in [4.69, 9.17) is 9.47 Å². The molecule has 9 heteroatoms. The first-order valence-electron chi connectivity index (χ1n) is 8.55. The Balaban J connectivity index is 1.93. The predicted molar refractivity (Wildman–Crippen MR) is 102 cm³/mol. The van der Waals surface area contributed by atoms with Crippen molar-refractivity contribution >= 4 is 23.6 Å². The first kappa shape index (κ1) is 20.8. The van der Waals surface area contributed by atoms with Crippen molar-refractivity contribution in [2.24, 2.45) is 5.92 Å². The molecule has 0 bridgehead atoms. The number of carbonyl (C=O) groups is 2. The summed E-state index contributed by atoms with van der Waals surface area (Å²) in [5.74, 6) is 0.730. The third-order valence-corrected chi connectivity index (χ3v) is 4.99. The third kappa shape index (κ3) is 5.72. The Morgan fingerprint density at radius 1 is 1.26 bits per heavy atom. The molecule has 0 aliphatic heterocycles. The Labute approximate surface area is 162 Å². The molecule has 2 aromatic rings. The predicted octanol–water partition coefficient (Wildman–Crippen LogP) is 2.28. The molecule has 0 saturated heterocycles. The second kappa shape index (κ2) is 9.96. The molecule has 2 unspecified atom stereocenters. The standard InChI is InChI=1S/C18H24N4O4S/c1-5-11(2)15(17(24)26-4)19-14(23)10-27-18-20-16(21-22-18)12-6-8-13(25-3)9-7-12/h6-9,11,15H,5,10H2,1-4H3,(H,19,23)(H,20,21,22). The summed E-state index contributed by atoms with van der Waals surface area (Å²) in [5.41, 5.74) is 0.863. The molecule has 27 heavy (non-hydrogen) atoms. The lowest BCUT2D eigenvalue weighted by atomic mass is 9.99. The number of methoxy groups -OCH3 is 2. The molecule has 0 fully saturated rings. The molecule has 146 valence electrons. The van der Waals surface area contributed by atoms with Gasteiger partial charge in [-0.1, -0.05) is 32.0 Å². The van der Waals surface area contributed by atoms with E-state index in [9.17, 15) is 9.59 Å². The summed E-state index contributed by atoms with van der Waals surface area (Å²) in [6.07, 6.45) is 0.749. The van der Waals surface area contributed by atoms with Gasteiger partial charge in [0.1, 0.15) is 11.8 Å². The highest BCUT2D eigenvalue weighted by molar-refractivity contribution is 7.99. The van der Waals surface area contributed by atoms with Gasteiger partial charge in [0.15, 0.2) is 5.82 Å². The van der Waals surface area contributed by atoms with E-state index >= 15 is 0 Å². The maximum atomic E-state index is 12.2. The number of H-pyrrole nitrogens is 1. The monoisotopic (exact) mass is 392 g/mol. The van der Waals surface area contributed by atoms with Gasteiger partial charge >= 0.3 is 5.97 Å². The number of aromatic amines is 1. The number of rotatable bonds is 9. The van der Waals surface area contributed by atoms with Gasteiger partial charge in [0.05, 0.1) is 20.0 Å². The van der Waals surface area contributed by atoms with Crippen LogP contribution in [0.1, 0.15) is 20.3 Å². The van der Waals surface area contributed by atoms with Gasteiger partial charge in [-0.3, -0.25) is 9.89 Å². The van der Waals surface area contributed by atoms with Crippen LogP contribution in [0.25, 0.3) is 11.4 Å². The number of aromatic nitrogens is 3. The molecule has 0 saturated carbocycles. The van der Waals surface area contributed by atoms with E-state index in [1.165, 1.54) is 18.9 Å². The zero-order valence-corrected chi connectivity index (χ0v) is 16.6. The molecule has 0 aliphatic carbocycles. The fourth-order valence-electron chi connectivity index (χ4n) is 2.33. The normalized spacial score (nSPS) is 12.9. The molecule has 0 radical (unpaired) electrons. The molecule has 1 heterocycles. The van der Waals surface area contributed by atoms with E-state index < -0.39 is 12.0 Å². The highest BCUT2D eigenvalue weighted by Crippen LogP contribution is 2.21. The molecular weight excluding hydrogens is 368 g/mol. The molecule has 1 amide bonds. The van der Waals surface area contributed by atoms with E-state index in [2.05, 4.69) is 20.5 Å². The van der Waals surface area contributed by atoms with Gasteiger partial charge in [-0.15, -0.1) is 5.10 Å². The molecule has 2 atom stereocenters. The Morgan fingerprint density at radius 2 is 1.96 bits per heavy atom. The number of nitrogens with zero attached hydrogens (tertiary/aromatic N) is 2. The number of nitrogens with one attached hydrogen (secondary N) is 2. The van der Waals surface area contributed by atoms with Crippen LogP contribution in [0.2, 0.25) is 0 Å². The van der Waals surface area contributed by atoms with Gasteiger partial charge in [0.25, 0.3) is 0 Å². The van der Waals surface area contributed by atoms with Crippen molar-refractivity contribution in [1.82, 2.24) is 20.5 Å². The largest absolute Gasteiger partial charge is 0.497 e. The maximum absolute atomic E-state index is 12.2. The summed E-state index contributed by atoms with van der Waals surface area (Å²) in [4.78, 5) is 28.4. The number of carbonyl (C=O) groups excluding carboxylic acids is 2. The highest BCUT2D eigenvalue weighted by Gasteiger charge is 2.26. The second-order valence-corrected chi connectivity index (χ2v) is 6.88. The molecule has 1 aromatic carbocycles. The quantitative estimate of drug-likeness (QED) is 0.498. The summed E-state index contributed by atoms with van der Waals surface area (Å²) >= 11 is 1.19. The molecule has 8 nitrogen and oxygen atoms in total. The lowest BCUT2D eigenvalue weighted by Gasteiger charge is -2.21. The van der Waals surface area contributed by atoms with Crippen molar-refractivity contribution in [3.63, 3.8) is 0 Å². The number of thioether (sulfide) groups is 1. The van der Waals surface area contributed by atoms with Gasteiger partial charge in [-0.2, -0.15) is 0 Å². The maximum Gasteiger partial charge on any atom is 0.328 e. The van der Waals surface area contributed by atoms with Gasteiger partial charge in [0.2, 0.25) is 11.1 Å². The molecule has 0 aliphatic rings. The van der Waals surface area contributed by atoms with E-state index in [1.54, 1.807) is 7.11 Å². The topological polar surface area (TPSA) is 106 Å². The van der Waals surface area contributed by atoms with Crippen LogP contribution in [0, 0.1) is 5.92 Å². The van der Waals surface area contributed by atoms with Crippen LogP contribution in [-0.4, -0.2) is 53.1 Å².